The van der Waals surface area contributed by atoms with Crippen molar-refractivity contribution < 1.29 is 4.74 Å². The maximum Gasteiger partial charge on any atom is 0.152 e. The molecule has 0 amide bonds. The lowest BCUT2D eigenvalue weighted by atomic mass is 9.87. The first kappa shape index (κ1) is 11.7. The largest absolute Gasteiger partial charge is 0.475 e. The molecule has 3 heterocycles. The standard InChI is InChI=1S/C13H17NO.ClH/c1-2-4-12(5-3-1)15-13-10-11-6-8-14(13)9-7-11;/h1-5,11,13H,6-10H2;1H. The predicted molar refractivity (Wildman–Crippen MR) is 67.0 cm³/mol. The van der Waals surface area contributed by atoms with Crippen molar-refractivity contribution in [2.24, 2.45) is 5.92 Å². The molecule has 4 rings (SSSR count). The number of fused-ring (bicyclic) bond motifs is 3. The van der Waals surface area contributed by atoms with E-state index in [4.69, 9.17) is 4.74 Å². The molecule has 3 heteroatoms. The van der Waals surface area contributed by atoms with Gasteiger partial charge in [-0.3, -0.25) is 4.90 Å². The predicted octanol–water partition coefficient (Wildman–Crippen LogP) is 2.93. The number of piperidine rings is 3. The Labute approximate surface area is 103 Å². The summed E-state index contributed by atoms with van der Waals surface area (Å²) in [6.45, 7) is 2.45. The highest BCUT2D eigenvalue weighted by Crippen LogP contribution is 2.32. The first-order chi connectivity index (χ1) is 7.42. The Bertz CT molecular complexity index is 322. The van der Waals surface area contributed by atoms with E-state index in [0.29, 0.717) is 6.23 Å². The molecule has 3 fully saturated rings. The van der Waals surface area contributed by atoms with Crippen molar-refractivity contribution in [3.05, 3.63) is 30.3 Å². The molecule has 88 valence electrons. The average Bonchev–Trinajstić information content (AvgIpc) is 2.32. The van der Waals surface area contributed by atoms with Gasteiger partial charge in [-0.1, -0.05) is 18.2 Å². The van der Waals surface area contributed by atoms with Gasteiger partial charge in [0.1, 0.15) is 5.75 Å². The summed E-state index contributed by atoms with van der Waals surface area (Å²) in [6, 6.07) is 10.2. The van der Waals surface area contributed by atoms with Crippen LogP contribution >= 0.6 is 12.4 Å². The highest BCUT2D eigenvalue weighted by molar-refractivity contribution is 5.85. The second kappa shape index (κ2) is 5.07. The van der Waals surface area contributed by atoms with Crippen LogP contribution in [-0.4, -0.2) is 24.2 Å². The second-order valence-electron chi connectivity index (χ2n) is 4.60. The van der Waals surface area contributed by atoms with Gasteiger partial charge >= 0.3 is 0 Å². The van der Waals surface area contributed by atoms with Crippen molar-refractivity contribution in [3.63, 3.8) is 0 Å². The van der Waals surface area contributed by atoms with Crippen molar-refractivity contribution in [1.29, 1.82) is 0 Å². The normalized spacial score (nSPS) is 31.9. The van der Waals surface area contributed by atoms with Crippen LogP contribution in [0.25, 0.3) is 0 Å². The third kappa shape index (κ3) is 2.33. The van der Waals surface area contributed by atoms with Crippen LogP contribution in [0.3, 0.4) is 0 Å². The van der Waals surface area contributed by atoms with E-state index in [-0.39, 0.29) is 12.4 Å². The van der Waals surface area contributed by atoms with E-state index in [9.17, 15) is 0 Å². The van der Waals surface area contributed by atoms with Crippen molar-refractivity contribution in [2.75, 3.05) is 13.1 Å². The van der Waals surface area contributed by atoms with Gasteiger partial charge in [0.15, 0.2) is 6.23 Å². The zero-order chi connectivity index (χ0) is 10.1. The van der Waals surface area contributed by atoms with Gasteiger partial charge in [-0.25, -0.2) is 0 Å². The quantitative estimate of drug-likeness (QED) is 0.787. The van der Waals surface area contributed by atoms with Gasteiger partial charge in [0.05, 0.1) is 0 Å². The van der Waals surface area contributed by atoms with E-state index in [0.717, 1.165) is 11.7 Å². The van der Waals surface area contributed by atoms with Gasteiger partial charge in [-0.15, -0.1) is 12.4 Å². The van der Waals surface area contributed by atoms with E-state index in [1.807, 2.05) is 30.3 Å². The lowest BCUT2D eigenvalue weighted by molar-refractivity contribution is -0.0605. The fourth-order valence-electron chi connectivity index (χ4n) is 2.69. The Hall–Kier alpha value is -0.730. The Morgan fingerprint density at radius 2 is 1.75 bits per heavy atom. The topological polar surface area (TPSA) is 12.5 Å². The lowest BCUT2D eigenvalue weighted by Crippen LogP contribution is -2.51. The number of halogens is 1. The molecule has 2 bridgehead atoms. The van der Waals surface area contributed by atoms with E-state index in [1.165, 1.54) is 32.4 Å². The summed E-state index contributed by atoms with van der Waals surface area (Å²) in [5.74, 6) is 1.92. The molecule has 1 atom stereocenters. The van der Waals surface area contributed by atoms with Crippen molar-refractivity contribution >= 4 is 12.4 Å². The van der Waals surface area contributed by atoms with Gasteiger partial charge in [0.25, 0.3) is 0 Å². The summed E-state index contributed by atoms with van der Waals surface area (Å²) in [6.07, 6.45) is 4.29. The maximum absolute atomic E-state index is 6.02. The molecule has 0 spiro atoms. The lowest BCUT2D eigenvalue weighted by Gasteiger charge is -2.44. The van der Waals surface area contributed by atoms with Crippen LogP contribution < -0.4 is 4.74 Å². The third-order valence-electron chi connectivity index (χ3n) is 3.61. The molecule has 0 aromatic heterocycles. The van der Waals surface area contributed by atoms with Crippen molar-refractivity contribution in [1.82, 2.24) is 4.90 Å². The van der Waals surface area contributed by atoms with Gasteiger partial charge in [0.2, 0.25) is 0 Å². The molecule has 1 aromatic rings. The van der Waals surface area contributed by atoms with Gasteiger partial charge in [-0.2, -0.15) is 0 Å². The van der Waals surface area contributed by atoms with Crippen LogP contribution in [0.15, 0.2) is 30.3 Å². The zero-order valence-electron chi connectivity index (χ0n) is 9.34. The van der Waals surface area contributed by atoms with Crippen LogP contribution in [-0.2, 0) is 0 Å². The Balaban J connectivity index is 0.000000963. The molecule has 2 nitrogen and oxygen atoms in total. The Morgan fingerprint density at radius 1 is 1.06 bits per heavy atom. The number of para-hydroxylation sites is 1. The van der Waals surface area contributed by atoms with Crippen LogP contribution in [0.1, 0.15) is 19.3 Å². The van der Waals surface area contributed by atoms with Gasteiger partial charge < -0.3 is 4.74 Å². The Kier molecular flexibility index (Phi) is 3.72. The first-order valence-corrected chi connectivity index (χ1v) is 5.87. The summed E-state index contributed by atoms with van der Waals surface area (Å²) < 4.78 is 6.02. The average molecular weight is 240 g/mol. The molecule has 3 aliphatic rings. The minimum atomic E-state index is 0. The van der Waals surface area contributed by atoms with Crippen LogP contribution in [0.5, 0.6) is 5.75 Å². The fraction of sp³-hybridized carbons (Fsp3) is 0.538. The van der Waals surface area contributed by atoms with Crippen molar-refractivity contribution in [3.8, 4) is 5.75 Å². The summed E-state index contributed by atoms with van der Waals surface area (Å²) >= 11 is 0. The molecule has 3 saturated heterocycles. The molecule has 16 heavy (non-hydrogen) atoms. The number of rotatable bonds is 2. The summed E-state index contributed by atoms with van der Waals surface area (Å²) in [5, 5.41) is 0. The summed E-state index contributed by atoms with van der Waals surface area (Å²) in [4.78, 5) is 2.48. The van der Waals surface area contributed by atoms with E-state index < -0.39 is 0 Å². The molecule has 0 aliphatic carbocycles. The molecular formula is C13H18ClNO. The van der Waals surface area contributed by atoms with Crippen molar-refractivity contribution in [2.45, 2.75) is 25.5 Å². The van der Waals surface area contributed by atoms with Gasteiger partial charge in [0, 0.05) is 19.5 Å². The minimum absolute atomic E-state index is 0. The highest BCUT2D eigenvalue weighted by atomic mass is 35.5. The first-order valence-electron chi connectivity index (χ1n) is 5.87. The van der Waals surface area contributed by atoms with E-state index >= 15 is 0 Å². The van der Waals surface area contributed by atoms with E-state index in [1.54, 1.807) is 0 Å². The monoisotopic (exact) mass is 239 g/mol. The number of ether oxygens (including phenoxy) is 1. The molecule has 1 unspecified atom stereocenters. The maximum atomic E-state index is 6.02. The molecule has 1 aromatic carbocycles. The smallest absolute Gasteiger partial charge is 0.152 e. The number of hydrogen-bond donors (Lipinski definition) is 0. The summed E-state index contributed by atoms with van der Waals surface area (Å²) in [5.41, 5.74) is 0. The minimum Gasteiger partial charge on any atom is -0.475 e. The van der Waals surface area contributed by atoms with Crippen LogP contribution in [0, 0.1) is 5.92 Å². The number of nitrogens with zero attached hydrogens (tertiary/aromatic N) is 1. The molecule has 0 N–H and O–H groups in total. The molecule has 3 aliphatic heterocycles. The van der Waals surface area contributed by atoms with E-state index in [2.05, 4.69) is 4.90 Å². The highest BCUT2D eigenvalue weighted by Gasteiger charge is 2.34. The molecule has 0 saturated carbocycles. The number of benzene rings is 1. The Morgan fingerprint density at radius 3 is 2.31 bits per heavy atom. The number of hydrogen-bond acceptors (Lipinski definition) is 2. The third-order valence-corrected chi connectivity index (χ3v) is 3.61. The molecular weight excluding hydrogens is 222 g/mol. The fourth-order valence-corrected chi connectivity index (χ4v) is 2.69. The van der Waals surface area contributed by atoms with Crippen LogP contribution in [0.2, 0.25) is 0 Å². The second-order valence-corrected chi connectivity index (χ2v) is 4.60. The zero-order valence-corrected chi connectivity index (χ0v) is 10.2. The van der Waals surface area contributed by atoms with Crippen LogP contribution in [0.4, 0.5) is 0 Å². The molecule has 0 radical (unpaired) electrons. The SMILES string of the molecule is Cl.c1ccc(OC2CC3CCN2CC3)cc1. The summed E-state index contributed by atoms with van der Waals surface area (Å²) in [7, 11) is 0. The van der Waals surface area contributed by atoms with Gasteiger partial charge in [-0.05, 0) is 30.9 Å².